The minimum absolute atomic E-state index is 0.699. The number of hydrogen-bond donors (Lipinski definition) is 0. The van der Waals surface area contributed by atoms with E-state index in [1.165, 1.54) is 29.8 Å². The summed E-state index contributed by atoms with van der Waals surface area (Å²) in [6.45, 7) is 5.65. The van der Waals surface area contributed by atoms with Crippen LogP contribution in [0.15, 0.2) is 42.0 Å². The number of nitrogens with zero attached hydrogens (tertiary/aromatic N) is 4. The number of hydrogen-bond acceptors (Lipinski definition) is 6. The van der Waals surface area contributed by atoms with E-state index >= 15 is 0 Å². The van der Waals surface area contributed by atoms with E-state index in [9.17, 15) is 0 Å². The maximum Gasteiger partial charge on any atom is 0.139 e. The Hall–Kier alpha value is -2.18. The van der Waals surface area contributed by atoms with Crippen molar-refractivity contribution in [3.63, 3.8) is 0 Å². The quantitative estimate of drug-likeness (QED) is 0.669. The van der Waals surface area contributed by atoms with Crippen molar-refractivity contribution in [2.45, 2.75) is 19.3 Å². The van der Waals surface area contributed by atoms with Crippen LogP contribution in [0.3, 0.4) is 0 Å². The van der Waals surface area contributed by atoms with E-state index in [0.717, 1.165) is 56.1 Å². The molecular weight excluding hydrogens is 368 g/mol. The number of anilines is 2. The normalized spacial score (nSPS) is 20.6. The summed E-state index contributed by atoms with van der Waals surface area (Å²) in [5.74, 6) is 1.79. The highest BCUT2D eigenvalue weighted by atomic mass is 32.1. The molecule has 1 aromatic carbocycles. The van der Waals surface area contributed by atoms with Crippen LogP contribution < -0.4 is 9.80 Å². The lowest BCUT2D eigenvalue weighted by Crippen LogP contribution is -2.37. The Morgan fingerprint density at radius 2 is 2.00 bits per heavy atom. The van der Waals surface area contributed by atoms with Crippen molar-refractivity contribution < 1.29 is 4.74 Å². The molecule has 4 heterocycles. The average molecular weight is 395 g/mol. The highest BCUT2D eigenvalue weighted by Gasteiger charge is 2.23. The number of piperidine rings is 1. The molecule has 2 saturated heterocycles. The van der Waals surface area contributed by atoms with Crippen LogP contribution in [0, 0.1) is 5.92 Å². The molecule has 0 radical (unpaired) electrons. The zero-order valence-corrected chi connectivity index (χ0v) is 16.9. The van der Waals surface area contributed by atoms with Gasteiger partial charge in [0.15, 0.2) is 0 Å². The molecule has 0 saturated carbocycles. The molecular formula is C22H26N4OS. The van der Waals surface area contributed by atoms with Crippen LogP contribution in [0.25, 0.3) is 10.9 Å². The molecule has 5 rings (SSSR count). The fourth-order valence-electron chi connectivity index (χ4n) is 4.44. The van der Waals surface area contributed by atoms with Crippen LogP contribution in [0.5, 0.6) is 0 Å². The second-order valence-electron chi connectivity index (χ2n) is 7.74. The molecule has 1 atom stereocenters. The minimum atomic E-state index is 0.699. The van der Waals surface area contributed by atoms with Gasteiger partial charge in [-0.3, -0.25) is 0 Å². The minimum Gasteiger partial charge on any atom is -0.378 e. The number of aromatic nitrogens is 2. The van der Waals surface area contributed by atoms with Gasteiger partial charge in [-0.1, -0.05) is 6.07 Å². The van der Waals surface area contributed by atoms with E-state index in [4.69, 9.17) is 4.74 Å². The molecule has 2 aromatic heterocycles. The van der Waals surface area contributed by atoms with Gasteiger partial charge in [0.05, 0.1) is 18.7 Å². The number of morpholine rings is 1. The van der Waals surface area contributed by atoms with Gasteiger partial charge in [0, 0.05) is 42.1 Å². The Balaban J connectivity index is 1.38. The van der Waals surface area contributed by atoms with E-state index in [1.807, 2.05) is 11.3 Å². The third-order valence-electron chi connectivity index (χ3n) is 5.86. The number of benzene rings is 1. The second kappa shape index (κ2) is 8.05. The molecule has 0 amide bonds. The molecule has 146 valence electrons. The lowest BCUT2D eigenvalue weighted by Gasteiger charge is -2.34. The van der Waals surface area contributed by atoms with Gasteiger partial charge in [-0.2, -0.15) is 0 Å². The predicted octanol–water partition coefficient (Wildman–Crippen LogP) is 3.99. The van der Waals surface area contributed by atoms with Gasteiger partial charge in [-0.05, 0) is 54.8 Å². The van der Waals surface area contributed by atoms with E-state index in [-0.39, 0.29) is 0 Å². The lowest BCUT2D eigenvalue weighted by atomic mass is 9.94. The first-order valence-electron chi connectivity index (χ1n) is 10.2. The zero-order chi connectivity index (χ0) is 18.8. The van der Waals surface area contributed by atoms with E-state index in [2.05, 4.69) is 55.5 Å². The van der Waals surface area contributed by atoms with Gasteiger partial charge in [-0.15, -0.1) is 11.3 Å². The first kappa shape index (κ1) is 17.9. The maximum absolute atomic E-state index is 5.48. The number of fused-ring (bicyclic) bond motifs is 1. The number of ether oxygens (including phenoxy) is 1. The topological polar surface area (TPSA) is 41.5 Å². The van der Waals surface area contributed by atoms with Crippen molar-refractivity contribution >= 4 is 33.7 Å². The Kier molecular flexibility index (Phi) is 5.14. The van der Waals surface area contributed by atoms with Crippen molar-refractivity contribution in [2.24, 2.45) is 5.92 Å². The Morgan fingerprint density at radius 1 is 1.07 bits per heavy atom. The number of rotatable bonds is 4. The molecule has 2 fully saturated rings. The largest absolute Gasteiger partial charge is 0.378 e. The molecule has 2 aliphatic rings. The third-order valence-corrected chi connectivity index (χ3v) is 6.76. The monoisotopic (exact) mass is 394 g/mol. The summed E-state index contributed by atoms with van der Waals surface area (Å²) in [6.07, 6.45) is 5.44. The summed E-state index contributed by atoms with van der Waals surface area (Å²) in [5.41, 5.74) is 2.27. The van der Waals surface area contributed by atoms with Crippen LogP contribution in [0.2, 0.25) is 0 Å². The molecule has 28 heavy (non-hydrogen) atoms. The Morgan fingerprint density at radius 3 is 2.86 bits per heavy atom. The summed E-state index contributed by atoms with van der Waals surface area (Å²) in [5, 5.41) is 3.34. The molecule has 3 aromatic rings. The second-order valence-corrected chi connectivity index (χ2v) is 8.77. The lowest BCUT2D eigenvalue weighted by molar-refractivity contribution is 0.122. The van der Waals surface area contributed by atoms with Gasteiger partial charge in [-0.25, -0.2) is 9.97 Å². The van der Waals surface area contributed by atoms with Gasteiger partial charge in [0.25, 0.3) is 0 Å². The first-order chi connectivity index (χ1) is 13.9. The smallest absolute Gasteiger partial charge is 0.139 e. The highest BCUT2D eigenvalue weighted by Crippen LogP contribution is 2.31. The van der Waals surface area contributed by atoms with Crippen LogP contribution in [0.1, 0.15) is 17.7 Å². The van der Waals surface area contributed by atoms with Crippen LogP contribution in [-0.2, 0) is 11.2 Å². The molecule has 1 unspecified atom stereocenters. The standard InChI is InChI=1S/C22H26N4OS/c1-3-17(13-19-4-2-12-28-19)15-26(7-1)22-20-6-5-18(14-21(20)23-16-24-22)25-8-10-27-11-9-25/h2,4-6,12,14,16-17H,1,3,7-11,13,15H2. The molecule has 0 N–H and O–H groups in total. The van der Waals surface area contributed by atoms with E-state index in [0.29, 0.717) is 5.92 Å². The van der Waals surface area contributed by atoms with Gasteiger partial charge in [0.1, 0.15) is 12.1 Å². The highest BCUT2D eigenvalue weighted by molar-refractivity contribution is 7.09. The Labute approximate surface area is 170 Å². The van der Waals surface area contributed by atoms with Crippen molar-refractivity contribution in [1.29, 1.82) is 0 Å². The van der Waals surface area contributed by atoms with Crippen molar-refractivity contribution in [3.8, 4) is 0 Å². The SMILES string of the molecule is c1csc(CC2CCCN(c3ncnc4cc(N5CCOCC5)ccc34)C2)c1. The molecule has 0 bridgehead atoms. The molecule has 5 nitrogen and oxygen atoms in total. The van der Waals surface area contributed by atoms with Crippen molar-refractivity contribution in [3.05, 3.63) is 46.9 Å². The van der Waals surface area contributed by atoms with Crippen LogP contribution in [-0.4, -0.2) is 49.4 Å². The summed E-state index contributed by atoms with van der Waals surface area (Å²) in [4.78, 5) is 15.6. The van der Waals surface area contributed by atoms with Crippen molar-refractivity contribution in [2.75, 3.05) is 49.2 Å². The van der Waals surface area contributed by atoms with Crippen LogP contribution in [0.4, 0.5) is 11.5 Å². The molecule has 2 aliphatic heterocycles. The molecule has 0 aliphatic carbocycles. The van der Waals surface area contributed by atoms with Gasteiger partial charge >= 0.3 is 0 Å². The third kappa shape index (κ3) is 3.71. The summed E-state index contributed by atoms with van der Waals surface area (Å²) in [7, 11) is 0. The van der Waals surface area contributed by atoms with E-state index in [1.54, 1.807) is 6.33 Å². The van der Waals surface area contributed by atoms with Gasteiger partial charge < -0.3 is 14.5 Å². The van der Waals surface area contributed by atoms with E-state index < -0.39 is 0 Å². The number of thiophene rings is 1. The average Bonchev–Trinajstić information content (AvgIpc) is 3.27. The summed E-state index contributed by atoms with van der Waals surface area (Å²) < 4.78 is 5.48. The predicted molar refractivity (Wildman–Crippen MR) is 116 cm³/mol. The fourth-order valence-corrected chi connectivity index (χ4v) is 5.26. The summed E-state index contributed by atoms with van der Waals surface area (Å²) in [6, 6.07) is 11.0. The summed E-state index contributed by atoms with van der Waals surface area (Å²) >= 11 is 1.87. The maximum atomic E-state index is 5.48. The Bertz CT molecular complexity index is 923. The zero-order valence-electron chi connectivity index (χ0n) is 16.1. The van der Waals surface area contributed by atoms with Gasteiger partial charge in [0.2, 0.25) is 0 Å². The van der Waals surface area contributed by atoms with Crippen molar-refractivity contribution in [1.82, 2.24) is 9.97 Å². The fraction of sp³-hybridized carbons (Fsp3) is 0.455. The molecule has 0 spiro atoms. The first-order valence-corrected chi connectivity index (χ1v) is 11.1. The molecule has 6 heteroatoms. The van der Waals surface area contributed by atoms with Crippen LogP contribution >= 0.6 is 11.3 Å².